The first-order valence-electron chi connectivity index (χ1n) is 5.99. The molecule has 1 radical (unpaired) electrons. The zero-order valence-electron chi connectivity index (χ0n) is 10.7. The number of benzene rings is 1. The molecule has 0 heteroatoms. The Hall–Kier alpha value is -0.780. The molecule has 0 atom stereocenters. The summed E-state index contributed by atoms with van der Waals surface area (Å²) in [7, 11) is 0. The molecule has 1 aromatic carbocycles. The Balaban J connectivity index is 2.84. The molecule has 0 aliphatic rings. The molecule has 0 nitrogen and oxygen atoms in total. The van der Waals surface area contributed by atoms with Crippen molar-refractivity contribution >= 4 is 0 Å². The molecule has 0 unspecified atom stereocenters. The monoisotopic (exact) mass is 203 g/mol. The Labute approximate surface area is 94.7 Å². The molecule has 15 heavy (non-hydrogen) atoms. The molecule has 0 spiro atoms. The van der Waals surface area contributed by atoms with Crippen molar-refractivity contribution in [1.82, 2.24) is 0 Å². The highest BCUT2D eigenvalue weighted by Crippen LogP contribution is 2.15. The summed E-state index contributed by atoms with van der Waals surface area (Å²) in [4.78, 5) is 0. The Morgan fingerprint density at radius 2 is 1.33 bits per heavy atom. The van der Waals surface area contributed by atoms with Crippen LogP contribution in [0, 0.1) is 24.8 Å². The van der Waals surface area contributed by atoms with E-state index in [2.05, 4.69) is 52.8 Å². The number of rotatable bonds is 4. The molecule has 0 saturated heterocycles. The summed E-state index contributed by atoms with van der Waals surface area (Å²) in [6.45, 7) is 11.2. The minimum absolute atomic E-state index is 0.718. The molecule has 0 heterocycles. The van der Waals surface area contributed by atoms with E-state index in [-0.39, 0.29) is 0 Å². The summed E-state index contributed by atoms with van der Waals surface area (Å²) < 4.78 is 0. The molecule has 0 aromatic heterocycles. The highest BCUT2D eigenvalue weighted by Gasteiger charge is 2.03. The second-order valence-corrected chi connectivity index (χ2v) is 5.40. The van der Waals surface area contributed by atoms with Crippen LogP contribution in [0.1, 0.15) is 44.4 Å². The second kappa shape index (κ2) is 5.34. The van der Waals surface area contributed by atoms with Crippen LogP contribution < -0.4 is 0 Å². The molecular weight excluding hydrogens is 180 g/mol. The van der Waals surface area contributed by atoms with Crippen LogP contribution in [0.15, 0.2) is 12.1 Å². The van der Waals surface area contributed by atoms with Crippen molar-refractivity contribution in [2.45, 2.75) is 47.5 Å². The van der Waals surface area contributed by atoms with Gasteiger partial charge in [0.1, 0.15) is 0 Å². The van der Waals surface area contributed by atoms with Crippen molar-refractivity contribution in [2.24, 2.45) is 11.8 Å². The van der Waals surface area contributed by atoms with E-state index in [1.165, 1.54) is 16.7 Å². The fourth-order valence-electron chi connectivity index (χ4n) is 1.97. The van der Waals surface area contributed by atoms with Crippen LogP contribution in [-0.2, 0) is 12.8 Å². The quantitative estimate of drug-likeness (QED) is 0.688. The van der Waals surface area contributed by atoms with Crippen LogP contribution in [0.5, 0.6) is 0 Å². The van der Waals surface area contributed by atoms with Gasteiger partial charge in [0, 0.05) is 0 Å². The van der Waals surface area contributed by atoms with Gasteiger partial charge in [-0.3, -0.25) is 0 Å². The lowest BCUT2D eigenvalue weighted by Crippen LogP contribution is -2.00. The van der Waals surface area contributed by atoms with E-state index in [0.29, 0.717) is 0 Å². The van der Waals surface area contributed by atoms with Crippen molar-refractivity contribution < 1.29 is 0 Å². The molecule has 0 bridgehead atoms. The molecular formula is C15H23. The van der Waals surface area contributed by atoms with E-state index in [1.54, 1.807) is 0 Å². The van der Waals surface area contributed by atoms with Gasteiger partial charge in [0.2, 0.25) is 0 Å². The number of aryl methyl sites for hydroxylation is 1. The average molecular weight is 203 g/mol. The summed E-state index contributed by atoms with van der Waals surface area (Å²) in [6, 6.07) is 8.08. The third-order valence-electron chi connectivity index (χ3n) is 2.38. The van der Waals surface area contributed by atoms with Gasteiger partial charge < -0.3 is 0 Å². The molecule has 0 amide bonds. The van der Waals surface area contributed by atoms with Crippen molar-refractivity contribution in [3.05, 3.63) is 34.9 Å². The topological polar surface area (TPSA) is 0 Å². The summed E-state index contributed by atoms with van der Waals surface area (Å²) in [5.41, 5.74) is 4.13. The van der Waals surface area contributed by atoms with Gasteiger partial charge >= 0.3 is 0 Å². The summed E-state index contributed by atoms with van der Waals surface area (Å²) in [5.74, 6) is 1.44. The normalized spacial score (nSPS) is 11.4. The minimum Gasteiger partial charge on any atom is -0.0625 e. The molecule has 0 aliphatic carbocycles. The first kappa shape index (κ1) is 12.3. The van der Waals surface area contributed by atoms with Crippen molar-refractivity contribution in [2.75, 3.05) is 0 Å². The smallest absolute Gasteiger partial charge is 0.0114 e. The lowest BCUT2D eigenvalue weighted by molar-refractivity contribution is 0.634. The highest BCUT2D eigenvalue weighted by molar-refractivity contribution is 5.28. The Bertz CT molecular complexity index is 280. The van der Waals surface area contributed by atoms with E-state index in [1.807, 2.05) is 0 Å². The van der Waals surface area contributed by atoms with Crippen molar-refractivity contribution in [3.8, 4) is 0 Å². The van der Waals surface area contributed by atoms with Crippen LogP contribution in [-0.4, -0.2) is 0 Å². The SMILES string of the molecule is Cc1cc(CC(C)C)[c]c(CC(C)C)c1. The Kier molecular flexibility index (Phi) is 4.38. The predicted molar refractivity (Wildman–Crippen MR) is 67.1 cm³/mol. The van der Waals surface area contributed by atoms with Gasteiger partial charge in [-0.1, -0.05) is 45.4 Å². The maximum atomic E-state index is 3.55. The van der Waals surface area contributed by atoms with E-state index in [0.717, 1.165) is 24.7 Å². The predicted octanol–water partition coefficient (Wildman–Crippen LogP) is 4.19. The van der Waals surface area contributed by atoms with E-state index < -0.39 is 0 Å². The maximum absolute atomic E-state index is 3.55. The van der Waals surface area contributed by atoms with Crippen molar-refractivity contribution in [3.63, 3.8) is 0 Å². The molecule has 1 rings (SSSR count). The lowest BCUT2D eigenvalue weighted by atomic mass is 9.95. The molecule has 83 valence electrons. The van der Waals surface area contributed by atoms with Gasteiger partial charge in [0.05, 0.1) is 0 Å². The fourth-order valence-corrected chi connectivity index (χ4v) is 1.97. The van der Waals surface area contributed by atoms with Gasteiger partial charge in [0.15, 0.2) is 0 Å². The summed E-state index contributed by atoms with van der Waals surface area (Å²) in [6.07, 6.45) is 2.29. The first-order chi connectivity index (χ1) is 6.97. The largest absolute Gasteiger partial charge is 0.0625 e. The van der Waals surface area contributed by atoms with Crippen LogP contribution in [0.4, 0.5) is 0 Å². The number of hydrogen-bond donors (Lipinski definition) is 0. The van der Waals surface area contributed by atoms with Gasteiger partial charge in [-0.2, -0.15) is 0 Å². The number of hydrogen-bond acceptors (Lipinski definition) is 0. The van der Waals surface area contributed by atoms with Crippen LogP contribution >= 0.6 is 0 Å². The molecule has 0 aliphatic heterocycles. The van der Waals surface area contributed by atoms with E-state index in [4.69, 9.17) is 0 Å². The van der Waals surface area contributed by atoms with Crippen LogP contribution in [0.25, 0.3) is 0 Å². The van der Waals surface area contributed by atoms with E-state index >= 15 is 0 Å². The van der Waals surface area contributed by atoms with Gasteiger partial charge in [-0.15, -0.1) is 0 Å². The Morgan fingerprint density at radius 1 is 0.933 bits per heavy atom. The van der Waals surface area contributed by atoms with E-state index in [9.17, 15) is 0 Å². The third-order valence-corrected chi connectivity index (χ3v) is 2.38. The van der Waals surface area contributed by atoms with Gasteiger partial charge in [0.25, 0.3) is 0 Å². The molecule has 0 fully saturated rings. The van der Waals surface area contributed by atoms with Crippen LogP contribution in [0.3, 0.4) is 0 Å². The zero-order valence-corrected chi connectivity index (χ0v) is 10.7. The third kappa shape index (κ3) is 4.51. The Morgan fingerprint density at radius 3 is 1.67 bits per heavy atom. The van der Waals surface area contributed by atoms with Crippen LogP contribution in [0.2, 0.25) is 0 Å². The average Bonchev–Trinajstić information content (AvgIpc) is 1.98. The first-order valence-corrected chi connectivity index (χ1v) is 5.99. The van der Waals surface area contributed by atoms with Gasteiger partial charge in [-0.05, 0) is 48.8 Å². The summed E-state index contributed by atoms with van der Waals surface area (Å²) in [5, 5.41) is 0. The molecule has 1 aromatic rings. The van der Waals surface area contributed by atoms with Gasteiger partial charge in [-0.25, -0.2) is 0 Å². The van der Waals surface area contributed by atoms with Crippen molar-refractivity contribution in [1.29, 1.82) is 0 Å². The summed E-state index contributed by atoms with van der Waals surface area (Å²) >= 11 is 0. The maximum Gasteiger partial charge on any atom is -0.0114 e. The fraction of sp³-hybridized carbons (Fsp3) is 0.600. The zero-order chi connectivity index (χ0) is 11.4. The lowest BCUT2D eigenvalue weighted by Gasteiger charge is -2.10. The molecule has 0 N–H and O–H groups in total. The minimum atomic E-state index is 0.718. The highest BCUT2D eigenvalue weighted by atomic mass is 14.1. The molecule has 0 saturated carbocycles. The second-order valence-electron chi connectivity index (χ2n) is 5.40. The standard InChI is InChI=1S/C15H23/c1-11(2)6-14-8-13(5)9-15(10-14)7-12(3)4/h8-9,11-12H,6-7H2,1-5H3.